The van der Waals surface area contributed by atoms with Gasteiger partial charge in [0.05, 0.1) is 0 Å². The van der Waals surface area contributed by atoms with Crippen LogP contribution in [0.5, 0.6) is 0 Å². The third-order valence-electron chi connectivity index (χ3n) is 3.26. The molecule has 2 rings (SSSR count). The maximum absolute atomic E-state index is 13.1. The molecule has 0 unspecified atom stereocenters. The zero-order chi connectivity index (χ0) is 12.0. The SMILES string of the molecule is CC(F)(F)c1ccc(C2(N)CCC2)c(Cl)c1. The highest BCUT2D eigenvalue weighted by Gasteiger charge is 2.36. The zero-order valence-electron chi connectivity index (χ0n) is 9.06. The Kier molecular flexibility index (Phi) is 2.71. The topological polar surface area (TPSA) is 26.0 Å². The van der Waals surface area contributed by atoms with Gasteiger partial charge in [0, 0.05) is 23.0 Å². The Bertz CT molecular complexity index is 408. The number of rotatable bonds is 2. The van der Waals surface area contributed by atoms with Gasteiger partial charge in [-0.3, -0.25) is 0 Å². The fraction of sp³-hybridized carbons (Fsp3) is 0.500. The lowest BCUT2D eigenvalue weighted by Gasteiger charge is -2.39. The molecule has 0 amide bonds. The molecule has 1 nitrogen and oxygen atoms in total. The Hall–Kier alpha value is -0.670. The summed E-state index contributed by atoms with van der Waals surface area (Å²) in [6.07, 6.45) is 2.81. The highest BCUT2D eigenvalue weighted by molar-refractivity contribution is 6.31. The van der Waals surface area contributed by atoms with Crippen LogP contribution in [0.3, 0.4) is 0 Å². The normalized spacial score (nSPS) is 19.3. The summed E-state index contributed by atoms with van der Waals surface area (Å²) in [4.78, 5) is 0. The Morgan fingerprint density at radius 2 is 2.00 bits per heavy atom. The maximum Gasteiger partial charge on any atom is 0.270 e. The molecule has 4 heteroatoms. The van der Waals surface area contributed by atoms with E-state index < -0.39 is 11.5 Å². The average molecular weight is 246 g/mol. The Balaban J connectivity index is 2.37. The van der Waals surface area contributed by atoms with E-state index in [2.05, 4.69) is 0 Å². The van der Waals surface area contributed by atoms with Crippen molar-refractivity contribution in [3.8, 4) is 0 Å². The van der Waals surface area contributed by atoms with Gasteiger partial charge in [0.2, 0.25) is 0 Å². The fourth-order valence-electron chi connectivity index (χ4n) is 2.02. The second kappa shape index (κ2) is 3.67. The molecule has 0 aromatic heterocycles. The predicted octanol–water partition coefficient (Wildman–Crippen LogP) is 3.79. The number of halogens is 3. The van der Waals surface area contributed by atoms with E-state index in [9.17, 15) is 8.78 Å². The predicted molar refractivity (Wildman–Crippen MR) is 60.7 cm³/mol. The van der Waals surface area contributed by atoms with Crippen molar-refractivity contribution >= 4 is 11.6 Å². The number of nitrogens with two attached hydrogens (primary N) is 1. The maximum atomic E-state index is 13.1. The minimum atomic E-state index is -2.86. The smallest absolute Gasteiger partial charge is 0.270 e. The quantitative estimate of drug-likeness (QED) is 0.843. The second-order valence-corrected chi connectivity index (χ2v) is 5.00. The molecule has 0 bridgehead atoms. The van der Waals surface area contributed by atoms with Gasteiger partial charge in [-0.1, -0.05) is 23.7 Å². The number of alkyl halides is 2. The summed E-state index contributed by atoms with van der Waals surface area (Å²) in [6, 6.07) is 4.37. The van der Waals surface area contributed by atoms with Crippen LogP contribution < -0.4 is 5.73 Å². The molecule has 2 N–H and O–H groups in total. The largest absolute Gasteiger partial charge is 0.321 e. The van der Waals surface area contributed by atoms with Crippen molar-refractivity contribution in [1.29, 1.82) is 0 Å². The van der Waals surface area contributed by atoms with E-state index in [0.29, 0.717) is 5.02 Å². The molecule has 0 saturated heterocycles. The van der Waals surface area contributed by atoms with Crippen molar-refractivity contribution in [1.82, 2.24) is 0 Å². The molecule has 1 fully saturated rings. The van der Waals surface area contributed by atoms with Crippen molar-refractivity contribution in [2.24, 2.45) is 5.73 Å². The van der Waals surface area contributed by atoms with Gasteiger partial charge in [0.25, 0.3) is 5.92 Å². The standard InChI is InChI=1S/C12H14ClF2N/c1-11(14,15)8-3-4-9(10(13)7-8)12(16)5-2-6-12/h3-4,7H,2,5-6,16H2,1H3. The first-order valence-electron chi connectivity index (χ1n) is 5.30. The first-order valence-corrected chi connectivity index (χ1v) is 5.68. The number of hydrogen-bond donors (Lipinski definition) is 1. The first-order chi connectivity index (χ1) is 7.33. The highest BCUT2D eigenvalue weighted by Crippen LogP contribution is 2.42. The van der Waals surface area contributed by atoms with E-state index in [0.717, 1.165) is 31.7 Å². The molecule has 1 aromatic rings. The van der Waals surface area contributed by atoms with Gasteiger partial charge in [0.15, 0.2) is 0 Å². The van der Waals surface area contributed by atoms with E-state index in [1.165, 1.54) is 12.1 Å². The number of benzene rings is 1. The molecule has 0 atom stereocenters. The summed E-state index contributed by atoms with van der Waals surface area (Å²) in [5, 5.41) is 0.348. The van der Waals surface area contributed by atoms with Crippen molar-refractivity contribution in [2.75, 3.05) is 0 Å². The molecule has 0 heterocycles. The minimum absolute atomic E-state index is 0.0656. The van der Waals surface area contributed by atoms with Crippen LogP contribution in [0, 0.1) is 0 Å². The molecule has 0 radical (unpaired) electrons. The van der Waals surface area contributed by atoms with E-state index in [-0.39, 0.29) is 5.56 Å². The van der Waals surface area contributed by atoms with Crippen LogP contribution in [0.4, 0.5) is 8.78 Å². The molecule has 16 heavy (non-hydrogen) atoms. The van der Waals surface area contributed by atoms with E-state index in [4.69, 9.17) is 17.3 Å². The van der Waals surface area contributed by atoms with E-state index in [1.807, 2.05) is 0 Å². The van der Waals surface area contributed by atoms with Crippen molar-refractivity contribution < 1.29 is 8.78 Å². The minimum Gasteiger partial charge on any atom is -0.321 e. The van der Waals surface area contributed by atoms with E-state index in [1.54, 1.807) is 6.07 Å². The summed E-state index contributed by atoms with van der Waals surface area (Å²) in [6.45, 7) is 0.861. The molecular formula is C12H14ClF2N. The van der Waals surface area contributed by atoms with Crippen LogP contribution in [0.25, 0.3) is 0 Å². The molecule has 1 aliphatic carbocycles. The summed E-state index contributed by atoms with van der Waals surface area (Å²) in [5.41, 5.74) is 6.43. The monoisotopic (exact) mass is 245 g/mol. The second-order valence-electron chi connectivity index (χ2n) is 4.59. The van der Waals surface area contributed by atoms with Gasteiger partial charge in [-0.15, -0.1) is 0 Å². The summed E-state index contributed by atoms with van der Waals surface area (Å²) in [5.74, 6) is -2.86. The molecule has 88 valence electrons. The molecule has 1 aromatic carbocycles. The Labute approximate surface area is 98.6 Å². The highest BCUT2D eigenvalue weighted by atomic mass is 35.5. The van der Waals surface area contributed by atoms with Gasteiger partial charge >= 0.3 is 0 Å². The molecule has 1 aliphatic rings. The van der Waals surface area contributed by atoms with Crippen LogP contribution in [0.1, 0.15) is 37.3 Å². The lowest BCUT2D eigenvalue weighted by molar-refractivity contribution is 0.0174. The summed E-state index contributed by atoms with van der Waals surface area (Å²) >= 11 is 6.02. The lowest BCUT2D eigenvalue weighted by Crippen LogP contribution is -2.43. The molecular weight excluding hydrogens is 232 g/mol. The van der Waals surface area contributed by atoms with Gasteiger partial charge in [0.1, 0.15) is 0 Å². The fourth-order valence-corrected chi connectivity index (χ4v) is 2.39. The Morgan fingerprint density at radius 1 is 1.38 bits per heavy atom. The van der Waals surface area contributed by atoms with Gasteiger partial charge in [-0.2, -0.15) is 0 Å². The van der Waals surface area contributed by atoms with Crippen LogP contribution in [-0.2, 0) is 11.5 Å². The van der Waals surface area contributed by atoms with Crippen molar-refractivity contribution in [3.63, 3.8) is 0 Å². The molecule has 0 spiro atoms. The van der Waals surface area contributed by atoms with Gasteiger partial charge < -0.3 is 5.73 Å². The van der Waals surface area contributed by atoms with Crippen LogP contribution in [-0.4, -0.2) is 0 Å². The van der Waals surface area contributed by atoms with Crippen LogP contribution in [0.2, 0.25) is 5.02 Å². The third-order valence-corrected chi connectivity index (χ3v) is 3.57. The lowest BCUT2D eigenvalue weighted by atomic mass is 9.72. The third kappa shape index (κ3) is 1.94. The molecule has 0 aliphatic heterocycles. The first kappa shape index (κ1) is 11.8. The van der Waals surface area contributed by atoms with Crippen LogP contribution in [0.15, 0.2) is 18.2 Å². The van der Waals surface area contributed by atoms with Gasteiger partial charge in [-0.05, 0) is 30.9 Å². The number of hydrogen-bond acceptors (Lipinski definition) is 1. The Morgan fingerprint density at radius 3 is 2.38 bits per heavy atom. The van der Waals surface area contributed by atoms with Crippen LogP contribution >= 0.6 is 11.6 Å². The van der Waals surface area contributed by atoms with Gasteiger partial charge in [-0.25, -0.2) is 8.78 Å². The summed E-state index contributed by atoms with van der Waals surface area (Å²) < 4.78 is 26.1. The summed E-state index contributed by atoms with van der Waals surface area (Å²) in [7, 11) is 0. The van der Waals surface area contributed by atoms with E-state index >= 15 is 0 Å². The zero-order valence-corrected chi connectivity index (χ0v) is 9.82. The average Bonchev–Trinajstić information content (AvgIpc) is 2.12. The van der Waals surface area contributed by atoms with Crippen molar-refractivity contribution in [3.05, 3.63) is 34.3 Å². The molecule has 1 saturated carbocycles. The van der Waals surface area contributed by atoms with Crippen molar-refractivity contribution in [2.45, 2.75) is 37.6 Å².